The summed E-state index contributed by atoms with van der Waals surface area (Å²) in [6, 6.07) is 0. The number of aliphatic hydroxyl groups excluding tert-OH is 1. The third-order valence-corrected chi connectivity index (χ3v) is 5.51. The fourth-order valence-corrected chi connectivity index (χ4v) is 5.36. The van der Waals surface area contributed by atoms with Gasteiger partial charge in [-0.1, -0.05) is 71.1 Å². The third-order valence-electron chi connectivity index (χ3n) is 3.63. The molecule has 0 aliphatic heterocycles. The van der Waals surface area contributed by atoms with E-state index in [1.165, 1.54) is 51.4 Å². The molecule has 0 bridgehead atoms. The summed E-state index contributed by atoms with van der Waals surface area (Å²) in [5, 5.41) is 9.50. The van der Waals surface area contributed by atoms with Crippen molar-refractivity contribution in [2.75, 3.05) is 6.61 Å². The molecule has 24 heavy (non-hydrogen) atoms. The number of carbonyl (C=O) groups is 1. The molecule has 5 nitrogen and oxygen atoms in total. The Hall–Kier alpha value is 0.000649. The van der Waals surface area contributed by atoms with Crippen LogP contribution in [0.2, 0.25) is 0 Å². The van der Waals surface area contributed by atoms with Gasteiger partial charge in [-0.15, -0.1) is 0 Å². The molecule has 0 heterocycles. The molecule has 0 aromatic carbocycles. The Morgan fingerprint density at radius 2 is 1.38 bits per heavy atom. The summed E-state index contributed by atoms with van der Waals surface area (Å²) in [4.78, 5) is 11.2. The highest BCUT2D eigenvalue weighted by atomic mass is 28.3. The van der Waals surface area contributed by atoms with E-state index < -0.39 is 22.1 Å². The van der Waals surface area contributed by atoms with Crippen molar-refractivity contribution in [3.05, 3.63) is 0 Å². The number of hydrogen-bond donors (Lipinski definition) is 1. The lowest BCUT2D eigenvalue weighted by atomic mass is 10.0. The lowest BCUT2D eigenvalue weighted by Gasteiger charge is -2.09. The van der Waals surface area contributed by atoms with Gasteiger partial charge in [0.05, 0.1) is 6.61 Å². The molecule has 0 fully saturated rings. The minimum absolute atomic E-state index is 0.341. The normalized spacial score (nSPS) is 12.3. The molecule has 1 unspecified atom stereocenters. The summed E-state index contributed by atoms with van der Waals surface area (Å²) < 4.78 is 14.3. The average Bonchev–Trinajstić information content (AvgIpc) is 2.58. The zero-order valence-corrected chi connectivity index (χ0v) is 21.8. The van der Waals surface area contributed by atoms with Gasteiger partial charge in [0.2, 0.25) is 0 Å². The van der Waals surface area contributed by atoms with Crippen molar-refractivity contribution < 1.29 is 22.9 Å². The van der Waals surface area contributed by atoms with Gasteiger partial charge in [0, 0.05) is 0 Å². The summed E-state index contributed by atoms with van der Waals surface area (Å²) in [6.07, 6.45) is 12.2. The maximum atomic E-state index is 11.2. The first-order chi connectivity index (χ1) is 11.6. The Morgan fingerprint density at radius 3 is 1.75 bits per heavy atom. The second-order valence-electron chi connectivity index (χ2n) is 5.93. The van der Waals surface area contributed by atoms with Crippen LogP contribution in [0.4, 0.5) is 0 Å². The molecule has 0 saturated heterocycles. The predicted molar refractivity (Wildman–Crippen MR) is 110 cm³/mol. The molecule has 0 radical (unpaired) electrons. The number of esters is 1. The lowest BCUT2D eigenvalue weighted by Crippen LogP contribution is -2.22. The van der Waals surface area contributed by atoms with Crippen LogP contribution >= 0.6 is 0 Å². The number of rotatable bonds is 15. The minimum Gasteiger partial charge on any atom is -0.464 e. The maximum Gasteiger partial charge on any atom is 0.334 e. The Labute approximate surface area is 157 Å². The highest BCUT2D eigenvalue weighted by molar-refractivity contribution is 6.33. The second kappa shape index (κ2) is 23.0. The predicted octanol–water partition coefficient (Wildman–Crippen LogP) is 0.801. The first-order valence-corrected chi connectivity index (χ1v) is 12.2. The van der Waals surface area contributed by atoms with E-state index in [1.54, 1.807) is 6.92 Å². The minimum atomic E-state index is -0.922. The molecule has 0 amide bonds. The molecule has 1 atom stereocenters. The third kappa shape index (κ3) is 22.0. The topological polar surface area (TPSA) is 65.0 Å². The smallest absolute Gasteiger partial charge is 0.334 e. The Balaban J connectivity index is 0. The number of carbonyl (C=O) groups excluding carboxylic acids is 1. The van der Waals surface area contributed by atoms with E-state index in [0.717, 1.165) is 33.8 Å². The van der Waals surface area contributed by atoms with E-state index in [0.29, 0.717) is 13.0 Å². The van der Waals surface area contributed by atoms with Gasteiger partial charge in [-0.2, -0.15) is 0 Å². The second-order valence-corrected chi connectivity index (χ2v) is 10.8. The summed E-state index contributed by atoms with van der Waals surface area (Å²) >= 11 is 0. The van der Waals surface area contributed by atoms with Crippen molar-refractivity contribution in [2.45, 2.75) is 90.6 Å². The van der Waals surface area contributed by atoms with E-state index in [-0.39, 0.29) is 0 Å². The summed E-state index contributed by atoms with van der Waals surface area (Å²) in [5.41, 5.74) is 0. The van der Waals surface area contributed by atoms with E-state index in [2.05, 4.69) is 6.92 Å². The number of unbranched alkanes of at least 4 members (excludes halogenated alkanes) is 9. The standard InChI is InChI=1S/C16H32O3.H8O2Si3/c1-3-5-6-7-8-9-10-11-12-13-14-15(17)16(18)19-4-2;3-1-5-2-4/h15,17H,3-14H2,1-2H3;5H2,3-4H3. The molecule has 1 N–H and O–H groups in total. The molecule has 0 aliphatic carbocycles. The molecular weight excluding hydrogens is 356 g/mol. The molecule has 0 aromatic heterocycles. The maximum absolute atomic E-state index is 11.2. The highest BCUT2D eigenvalue weighted by Gasteiger charge is 2.14. The van der Waals surface area contributed by atoms with Crippen LogP contribution in [0.3, 0.4) is 0 Å². The lowest BCUT2D eigenvalue weighted by molar-refractivity contribution is -0.153. The van der Waals surface area contributed by atoms with E-state index in [4.69, 9.17) is 13.0 Å². The quantitative estimate of drug-likeness (QED) is 0.252. The zero-order valence-electron chi connectivity index (χ0n) is 16.3. The summed E-state index contributed by atoms with van der Waals surface area (Å²) in [7, 11) is 1.27. The van der Waals surface area contributed by atoms with Gasteiger partial charge in [-0.25, -0.2) is 4.79 Å². The number of ether oxygens (including phenoxy) is 1. The van der Waals surface area contributed by atoms with Gasteiger partial charge in [0.1, 0.15) is 21.0 Å². The number of hydrogen-bond acceptors (Lipinski definition) is 5. The van der Waals surface area contributed by atoms with E-state index in [1.807, 2.05) is 0 Å². The van der Waals surface area contributed by atoms with Crippen molar-refractivity contribution in [2.24, 2.45) is 0 Å². The van der Waals surface area contributed by atoms with Gasteiger partial charge in [0.25, 0.3) is 10.0 Å². The van der Waals surface area contributed by atoms with Crippen molar-refractivity contribution >= 4 is 36.9 Å². The van der Waals surface area contributed by atoms with Crippen LogP contribution in [-0.4, -0.2) is 54.8 Å². The monoisotopic (exact) mass is 396 g/mol. The molecule has 8 heteroatoms. The van der Waals surface area contributed by atoms with Gasteiger partial charge >= 0.3 is 5.97 Å². The van der Waals surface area contributed by atoms with Crippen molar-refractivity contribution in [1.29, 1.82) is 0 Å². The molecular formula is C16H40O5Si3. The van der Waals surface area contributed by atoms with Crippen molar-refractivity contribution in [3.63, 3.8) is 0 Å². The molecule has 0 spiro atoms. The molecule has 0 rings (SSSR count). The van der Waals surface area contributed by atoms with Crippen LogP contribution in [0.5, 0.6) is 0 Å². The first kappa shape index (κ1) is 26.2. The largest absolute Gasteiger partial charge is 0.464 e. The van der Waals surface area contributed by atoms with Crippen LogP contribution < -0.4 is 0 Å². The van der Waals surface area contributed by atoms with Crippen molar-refractivity contribution in [1.82, 2.24) is 0 Å². The Morgan fingerprint density at radius 1 is 0.917 bits per heavy atom. The van der Waals surface area contributed by atoms with Crippen LogP contribution in [0.15, 0.2) is 0 Å². The SMILES string of the molecule is CCCCCCCCCCCCC(O)C(=O)OCC.[SiH3]O[SiH2]O[SiH3]. The molecule has 0 aromatic rings. The molecule has 146 valence electrons. The Bertz CT molecular complexity index is 256. The average molecular weight is 397 g/mol. The van der Waals surface area contributed by atoms with Gasteiger partial charge in [-0.3, -0.25) is 0 Å². The zero-order chi connectivity index (χ0) is 18.5. The van der Waals surface area contributed by atoms with Gasteiger partial charge < -0.3 is 18.1 Å². The van der Waals surface area contributed by atoms with Crippen molar-refractivity contribution in [3.8, 4) is 0 Å². The van der Waals surface area contributed by atoms with Crippen LogP contribution in [0.1, 0.15) is 84.5 Å². The molecule has 0 aliphatic rings. The van der Waals surface area contributed by atoms with E-state index >= 15 is 0 Å². The fourth-order valence-electron chi connectivity index (χ4n) is 2.30. The molecule has 0 saturated carbocycles. The Kier molecular flexibility index (Phi) is 25.1. The van der Waals surface area contributed by atoms with Crippen LogP contribution in [0, 0.1) is 0 Å². The van der Waals surface area contributed by atoms with Crippen LogP contribution in [-0.2, 0) is 17.8 Å². The van der Waals surface area contributed by atoms with Crippen LogP contribution in [0.25, 0.3) is 0 Å². The van der Waals surface area contributed by atoms with E-state index in [9.17, 15) is 9.90 Å². The number of aliphatic hydroxyl groups is 1. The summed E-state index contributed by atoms with van der Waals surface area (Å²) in [6.45, 7) is 4.34. The first-order valence-electron chi connectivity index (χ1n) is 9.46. The fraction of sp³-hybridized carbons (Fsp3) is 0.938. The van der Waals surface area contributed by atoms with Gasteiger partial charge in [-0.05, 0) is 13.3 Å². The summed E-state index contributed by atoms with van der Waals surface area (Å²) in [5.74, 6) is -0.474. The van der Waals surface area contributed by atoms with Gasteiger partial charge in [0.15, 0.2) is 6.10 Å². The highest BCUT2D eigenvalue weighted by Crippen LogP contribution is 2.12.